The Hall–Kier alpha value is -1.80. The van der Waals surface area contributed by atoms with Crippen molar-refractivity contribution in [1.82, 2.24) is 24.9 Å². The number of nitrogens with one attached hydrogen (secondary N) is 1. The summed E-state index contributed by atoms with van der Waals surface area (Å²) in [6.45, 7) is 6.38. The molecule has 6 nitrogen and oxygen atoms in total. The Bertz CT molecular complexity index is 1100. The van der Waals surface area contributed by atoms with Gasteiger partial charge in [0.15, 0.2) is 0 Å². The summed E-state index contributed by atoms with van der Waals surface area (Å²) in [6.07, 6.45) is 5.19. The van der Waals surface area contributed by atoms with Crippen LogP contribution < -0.4 is 5.32 Å². The maximum absolute atomic E-state index is 6.38. The van der Waals surface area contributed by atoms with Crippen molar-refractivity contribution in [1.29, 1.82) is 0 Å². The van der Waals surface area contributed by atoms with Crippen LogP contribution >= 0.6 is 47.8 Å². The van der Waals surface area contributed by atoms with Crippen LogP contribution in [0.25, 0.3) is 20.4 Å². The average Bonchev–Trinajstić information content (AvgIpc) is 2.98. The predicted molar refractivity (Wildman–Crippen MR) is 116 cm³/mol. The summed E-state index contributed by atoms with van der Waals surface area (Å²) in [5.74, 6) is 1.54. The molecule has 0 unspecified atom stereocenters. The Morgan fingerprint density at radius 3 is 2.44 bits per heavy atom. The van der Waals surface area contributed by atoms with Gasteiger partial charge in [-0.2, -0.15) is 0 Å². The van der Waals surface area contributed by atoms with Crippen molar-refractivity contribution in [3.8, 4) is 0 Å². The van der Waals surface area contributed by atoms with Crippen molar-refractivity contribution in [3.05, 3.63) is 46.4 Å². The Labute approximate surface area is 177 Å². The SMILES string of the molecule is Cc1ncc(CNc2ncnc3c2sc2nc(C)c(Cl)c(C)c23)cn1.Cl.Cl. The van der Waals surface area contributed by atoms with E-state index in [1.54, 1.807) is 17.7 Å². The summed E-state index contributed by atoms with van der Waals surface area (Å²) < 4.78 is 0.975. The van der Waals surface area contributed by atoms with Gasteiger partial charge in [-0.1, -0.05) is 11.6 Å². The highest BCUT2D eigenvalue weighted by atomic mass is 35.5. The molecule has 0 saturated carbocycles. The second-order valence-corrected chi connectivity index (χ2v) is 7.19. The number of fused-ring (bicyclic) bond motifs is 3. The van der Waals surface area contributed by atoms with Crippen molar-refractivity contribution < 1.29 is 0 Å². The van der Waals surface area contributed by atoms with Crippen molar-refractivity contribution in [3.63, 3.8) is 0 Å². The number of anilines is 1. The second kappa shape index (κ2) is 8.48. The van der Waals surface area contributed by atoms with Crippen LogP contribution in [0.5, 0.6) is 0 Å². The number of hydrogen-bond acceptors (Lipinski definition) is 7. The molecule has 0 bridgehead atoms. The number of pyridine rings is 1. The van der Waals surface area contributed by atoms with Crippen LogP contribution in [0.15, 0.2) is 18.7 Å². The van der Waals surface area contributed by atoms with Gasteiger partial charge in [0.05, 0.1) is 20.9 Å². The van der Waals surface area contributed by atoms with E-state index in [9.17, 15) is 0 Å². The fraction of sp³-hybridized carbons (Fsp3) is 0.235. The summed E-state index contributed by atoms with van der Waals surface area (Å²) in [5.41, 5.74) is 3.71. The predicted octanol–water partition coefficient (Wildman–Crippen LogP) is 5.06. The molecule has 4 aromatic rings. The van der Waals surface area contributed by atoms with Gasteiger partial charge < -0.3 is 5.32 Å². The summed E-state index contributed by atoms with van der Waals surface area (Å²) in [7, 11) is 0. The van der Waals surface area contributed by atoms with Gasteiger partial charge in [-0.3, -0.25) is 0 Å². The van der Waals surface area contributed by atoms with Gasteiger partial charge in [0.2, 0.25) is 0 Å². The fourth-order valence-electron chi connectivity index (χ4n) is 2.72. The molecule has 0 spiro atoms. The van der Waals surface area contributed by atoms with Crippen molar-refractivity contribution in [2.45, 2.75) is 27.3 Å². The minimum atomic E-state index is 0. The zero-order valence-electron chi connectivity index (χ0n) is 14.8. The molecule has 4 heterocycles. The van der Waals surface area contributed by atoms with Crippen LogP contribution in [0.4, 0.5) is 5.82 Å². The topological polar surface area (TPSA) is 76.5 Å². The lowest BCUT2D eigenvalue weighted by Crippen LogP contribution is -2.03. The van der Waals surface area contributed by atoms with E-state index in [1.165, 1.54) is 0 Å². The molecule has 0 aromatic carbocycles. The molecule has 10 heteroatoms. The molecule has 0 aliphatic carbocycles. The number of aryl methyl sites for hydroxylation is 3. The Balaban J connectivity index is 0.00000131. The smallest absolute Gasteiger partial charge is 0.147 e. The van der Waals surface area contributed by atoms with E-state index < -0.39 is 0 Å². The van der Waals surface area contributed by atoms with Crippen molar-refractivity contribution in [2.75, 3.05) is 5.32 Å². The van der Waals surface area contributed by atoms with Gasteiger partial charge >= 0.3 is 0 Å². The molecule has 1 N–H and O–H groups in total. The molecule has 142 valence electrons. The van der Waals surface area contributed by atoms with E-state index in [0.717, 1.165) is 48.9 Å². The largest absolute Gasteiger partial charge is 0.365 e. The molecule has 4 rings (SSSR count). The van der Waals surface area contributed by atoms with Crippen molar-refractivity contribution >= 4 is 74.0 Å². The Morgan fingerprint density at radius 1 is 1.04 bits per heavy atom. The van der Waals surface area contributed by atoms with Crippen LogP contribution in [-0.4, -0.2) is 24.9 Å². The van der Waals surface area contributed by atoms with E-state index >= 15 is 0 Å². The van der Waals surface area contributed by atoms with E-state index in [1.807, 2.05) is 33.2 Å². The number of hydrogen-bond donors (Lipinski definition) is 1. The molecular formula is C17H17Cl3N6S. The van der Waals surface area contributed by atoms with Gasteiger partial charge in [0.25, 0.3) is 0 Å². The lowest BCUT2D eigenvalue weighted by atomic mass is 10.1. The third-order valence-electron chi connectivity index (χ3n) is 4.04. The number of nitrogens with zero attached hydrogens (tertiary/aromatic N) is 5. The first-order valence-corrected chi connectivity index (χ1v) is 8.95. The molecular weight excluding hydrogens is 427 g/mol. The van der Waals surface area contributed by atoms with E-state index in [2.05, 4.69) is 30.2 Å². The molecule has 0 radical (unpaired) electrons. The quantitative estimate of drug-likeness (QED) is 0.477. The molecule has 0 fully saturated rings. The normalized spacial score (nSPS) is 10.5. The minimum Gasteiger partial charge on any atom is -0.365 e. The maximum atomic E-state index is 6.38. The molecule has 4 aromatic heterocycles. The second-order valence-electron chi connectivity index (χ2n) is 5.81. The first kappa shape index (κ1) is 21.5. The summed E-state index contributed by atoms with van der Waals surface area (Å²) >= 11 is 7.95. The third-order valence-corrected chi connectivity index (χ3v) is 5.68. The van der Waals surface area contributed by atoms with E-state index in [4.69, 9.17) is 11.6 Å². The van der Waals surface area contributed by atoms with Crippen LogP contribution in [0.1, 0.15) is 22.6 Å². The van der Waals surface area contributed by atoms with Gasteiger partial charge in [0, 0.05) is 29.9 Å². The van der Waals surface area contributed by atoms with Crippen molar-refractivity contribution in [2.24, 2.45) is 0 Å². The highest BCUT2D eigenvalue weighted by Gasteiger charge is 2.17. The average molecular weight is 444 g/mol. The zero-order chi connectivity index (χ0) is 17.6. The van der Waals surface area contributed by atoms with Crippen LogP contribution in [0, 0.1) is 20.8 Å². The number of halogens is 3. The fourth-order valence-corrected chi connectivity index (χ4v) is 4.06. The van der Waals surface area contributed by atoms with Gasteiger partial charge in [0.1, 0.15) is 22.8 Å². The molecule has 27 heavy (non-hydrogen) atoms. The Morgan fingerprint density at radius 2 is 1.74 bits per heavy atom. The first-order valence-electron chi connectivity index (χ1n) is 7.76. The number of aromatic nitrogens is 5. The lowest BCUT2D eigenvalue weighted by molar-refractivity contribution is 0.989. The minimum absolute atomic E-state index is 0. The number of thiophene rings is 1. The monoisotopic (exact) mass is 442 g/mol. The third kappa shape index (κ3) is 3.91. The number of rotatable bonds is 3. The lowest BCUT2D eigenvalue weighted by Gasteiger charge is -2.06. The summed E-state index contributed by atoms with van der Waals surface area (Å²) in [5, 5.41) is 5.04. The molecule has 0 aliphatic rings. The summed E-state index contributed by atoms with van der Waals surface area (Å²) in [4.78, 5) is 22.8. The first-order chi connectivity index (χ1) is 12.0. The Kier molecular flexibility index (Phi) is 6.75. The van der Waals surface area contributed by atoms with E-state index in [0.29, 0.717) is 11.6 Å². The highest BCUT2D eigenvalue weighted by molar-refractivity contribution is 7.26. The molecule has 0 aliphatic heterocycles. The summed E-state index contributed by atoms with van der Waals surface area (Å²) in [6, 6.07) is 0. The molecule has 0 atom stereocenters. The van der Waals surface area contributed by atoms with Gasteiger partial charge in [-0.05, 0) is 26.3 Å². The van der Waals surface area contributed by atoms with Crippen LogP contribution in [0.3, 0.4) is 0 Å². The maximum Gasteiger partial charge on any atom is 0.147 e. The molecule has 0 saturated heterocycles. The van der Waals surface area contributed by atoms with E-state index in [-0.39, 0.29) is 24.8 Å². The standard InChI is InChI=1S/C17H15ClN6S.2ClH/c1-8-12-14-15(25-17(12)24-9(2)13(8)18)16(23-7-22-14)21-6-11-4-19-10(3)20-5-11;;/h4-5,7H,6H2,1-3H3,(H,21,22,23);2*1H. The highest BCUT2D eigenvalue weighted by Crippen LogP contribution is 2.39. The van der Waals surface area contributed by atoms with Gasteiger partial charge in [-0.25, -0.2) is 24.9 Å². The van der Waals surface area contributed by atoms with Crippen LogP contribution in [-0.2, 0) is 6.54 Å². The molecule has 0 amide bonds. The van der Waals surface area contributed by atoms with Crippen LogP contribution in [0.2, 0.25) is 5.02 Å². The van der Waals surface area contributed by atoms with Gasteiger partial charge in [-0.15, -0.1) is 36.2 Å². The zero-order valence-corrected chi connectivity index (χ0v) is 18.0.